The Hall–Kier alpha value is -2.01. The molecule has 3 atom stereocenters. The van der Waals surface area contributed by atoms with Crippen LogP contribution in [-0.4, -0.2) is 39.7 Å². The summed E-state index contributed by atoms with van der Waals surface area (Å²) in [6.07, 6.45) is 10.8. The van der Waals surface area contributed by atoms with Gasteiger partial charge in [-0.2, -0.15) is 0 Å². The predicted octanol–water partition coefficient (Wildman–Crippen LogP) is 5.26. The summed E-state index contributed by atoms with van der Waals surface area (Å²) in [5.74, 6) is 4.71. The normalized spacial score (nSPS) is 26.2. The van der Waals surface area contributed by atoms with Crippen LogP contribution >= 0.6 is 0 Å². The van der Waals surface area contributed by atoms with Gasteiger partial charge in [0.05, 0.1) is 5.56 Å². The van der Waals surface area contributed by atoms with Gasteiger partial charge in [-0.15, -0.1) is 10.2 Å². The Bertz CT molecular complexity index is 836. The maximum absolute atomic E-state index is 5.98. The van der Waals surface area contributed by atoms with Crippen LogP contribution in [0.4, 0.5) is 0 Å². The highest BCUT2D eigenvalue weighted by atomic mass is 16.4. The zero-order chi connectivity index (χ0) is 21.1. The Kier molecular flexibility index (Phi) is 6.67. The van der Waals surface area contributed by atoms with Gasteiger partial charge in [0.15, 0.2) is 0 Å². The molecule has 2 aromatic heterocycles. The van der Waals surface area contributed by atoms with Crippen LogP contribution in [0.2, 0.25) is 0 Å². The first-order valence-electron chi connectivity index (χ1n) is 11.6. The third-order valence-electron chi connectivity index (χ3n) is 7.23. The number of hydrogen-bond acceptors (Lipinski definition) is 5. The van der Waals surface area contributed by atoms with Crippen molar-refractivity contribution < 1.29 is 4.42 Å². The quantitative estimate of drug-likeness (QED) is 0.610. The highest BCUT2D eigenvalue weighted by molar-refractivity contribution is 5.49. The first kappa shape index (κ1) is 21.2. The molecule has 0 N–H and O–H groups in total. The molecule has 30 heavy (non-hydrogen) atoms. The molecule has 3 unspecified atom stereocenters. The van der Waals surface area contributed by atoms with Gasteiger partial charge in [-0.1, -0.05) is 32.4 Å². The fourth-order valence-corrected chi connectivity index (χ4v) is 5.18. The van der Waals surface area contributed by atoms with Gasteiger partial charge in [0.25, 0.3) is 0 Å². The first-order valence-corrected chi connectivity index (χ1v) is 11.6. The first-order chi connectivity index (χ1) is 14.5. The minimum Gasteiger partial charge on any atom is -0.421 e. The number of pyridine rings is 1. The van der Waals surface area contributed by atoms with Crippen molar-refractivity contribution in [1.82, 2.24) is 20.1 Å². The maximum atomic E-state index is 5.98. The minimum atomic E-state index is 0.484. The second kappa shape index (κ2) is 9.42. The molecule has 5 nitrogen and oxygen atoms in total. The summed E-state index contributed by atoms with van der Waals surface area (Å²) in [4.78, 5) is 6.84. The van der Waals surface area contributed by atoms with E-state index >= 15 is 0 Å². The molecule has 0 spiro atoms. The molecule has 4 rings (SSSR count). The summed E-state index contributed by atoms with van der Waals surface area (Å²) in [5.41, 5.74) is 2.37. The Morgan fingerprint density at radius 2 is 2.00 bits per heavy atom. The molecule has 0 radical (unpaired) electrons. The van der Waals surface area contributed by atoms with Gasteiger partial charge in [-0.05, 0) is 81.0 Å². The van der Waals surface area contributed by atoms with Crippen LogP contribution in [0.3, 0.4) is 0 Å². The predicted molar refractivity (Wildman–Crippen MR) is 120 cm³/mol. The maximum Gasteiger partial charge on any atom is 0.249 e. The average molecular weight is 409 g/mol. The summed E-state index contributed by atoms with van der Waals surface area (Å²) < 4.78 is 5.98. The molecule has 5 heteroatoms. The van der Waals surface area contributed by atoms with Gasteiger partial charge in [0.2, 0.25) is 11.8 Å². The van der Waals surface area contributed by atoms with Crippen molar-refractivity contribution >= 4 is 0 Å². The van der Waals surface area contributed by atoms with Gasteiger partial charge in [-0.25, -0.2) is 0 Å². The van der Waals surface area contributed by atoms with Crippen molar-refractivity contribution in [3.8, 4) is 11.5 Å². The van der Waals surface area contributed by atoms with Crippen LogP contribution < -0.4 is 0 Å². The lowest BCUT2D eigenvalue weighted by Crippen LogP contribution is -2.40. The van der Waals surface area contributed by atoms with Crippen LogP contribution in [0.5, 0.6) is 0 Å². The number of hydrogen-bond donors (Lipinski definition) is 0. The second-order valence-corrected chi connectivity index (χ2v) is 9.84. The Balaban J connectivity index is 1.44. The Labute approximate surface area is 181 Å². The average Bonchev–Trinajstić information content (AvgIpc) is 3.21. The molecule has 0 amide bonds. The Morgan fingerprint density at radius 3 is 2.70 bits per heavy atom. The van der Waals surface area contributed by atoms with Gasteiger partial charge >= 0.3 is 0 Å². The van der Waals surface area contributed by atoms with Crippen LogP contribution in [0, 0.1) is 29.6 Å². The van der Waals surface area contributed by atoms with Crippen molar-refractivity contribution in [2.45, 2.75) is 53.4 Å². The summed E-state index contributed by atoms with van der Waals surface area (Å²) in [6, 6.07) is 3.85. The third kappa shape index (κ3) is 5.00. The summed E-state index contributed by atoms with van der Waals surface area (Å²) >= 11 is 0. The molecule has 1 aliphatic heterocycles. The van der Waals surface area contributed by atoms with Gasteiger partial charge in [0.1, 0.15) is 0 Å². The molecule has 162 valence electrons. The van der Waals surface area contributed by atoms with E-state index in [1.807, 2.05) is 12.1 Å². The van der Waals surface area contributed by atoms with E-state index in [2.05, 4.69) is 53.9 Å². The van der Waals surface area contributed by atoms with E-state index in [0.717, 1.165) is 23.8 Å². The number of allylic oxidation sites excluding steroid dienone is 1. The molecule has 3 heterocycles. The standard InChI is InChI=1S/C25H36N4O/c1-17(2)23-13-21(14-24-27-28-25(30-24)20-6-5-9-26-15-20)19(4)12-22(23)16-29-10-7-18(3)8-11-29/h5-6,9,12,15,17-18,21-23H,7-8,10-11,13-14,16H2,1-4H3. The van der Waals surface area contributed by atoms with E-state index in [-0.39, 0.29) is 0 Å². The lowest BCUT2D eigenvalue weighted by Gasteiger charge is -2.40. The van der Waals surface area contributed by atoms with Gasteiger partial charge in [-0.3, -0.25) is 4.98 Å². The SMILES string of the molecule is CC1=CC(CN2CCC(C)CC2)C(C(C)C)CC1Cc1nnc(-c2cccnc2)o1. The number of aromatic nitrogens is 3. The molecule has 2 aromatic rings. The smallest absolute Gasteiger partial charge is 0.249 e. The van der Waals surface area contributed by atoms with E-state index in [4.69, 9.17) is 4.42 Å². The van der Waals surface area contributed by atoms with E-state index in [9.17, 15) is 0 Å². The van der Waals surface area contributed by atoms with Gasteiger partial charge in [0, 0.05) is 25.4 Å². The van der Waals surface area contributed by atoms with E-state index in [1.165, 1.54) is 44.5 Å². The van der Waals surface area contributed by atoms with Crippen molar-refractivity contribution in [3.63, 3.8) is 0 Å². The molecule has 1 fully saturated rings. The van der Waals surface area contributed by atoms with E-state index in [0.29, 0.717) is 29.6 Å². The van der Waals surface area contributed by atoms with Gasteiger partial charge < -0.3 is 9.32 Å². The van der Waals surface area contributed by atoms with Crippen molar-refractivity contribution in [1.29, 1.82) is 0 Å². The molecule has 0 bridgehead atoms. The highest BCUT2D eigenvalue weighted by Gasteiger charge is 2.33. The van der Waals surface area contributed by atoms with Crippen LogP contribution in [0.1, 0.15) is 52.8 Å². The summed E-state index contributed by atoms with van der Waals surface area (Å²) in [5, 5.41) is 8.58. The van der Waals surface area contributed by atoms with E-state index < -0.39 is 0 Å². The zero-order valence-corrected chi connectivity index (χ0v) is 18.9. The third-order valence-corrected chi connectivity index (χ3v) is 7.23. The molecular weight excluding hydrogens is 372 g/mol. The number of piperidine rings is 1. The minimum absolute atomic E-state index is 0.484. The zero-order valence-electron chi connectivity index (χ0n) is 18.9. The molecule has 0 saturated carbocycles. The topological polar surface area (TPSA) is 55.1 Å². The summed E-state index contributed by atoms with van der Waals surface area (Å²) in [7, 11) is 0. The largest absolute Gasteiger partial charge is 0.421 e. The molecule has 0 aromatic carbocycles. The lowest BCUT2D eigenvalue weighted by atomic mass is 9.69. The molecule has 2 aliphatic rings. The van der Waals surface area contributed by atoms with Crippen molar-refractivity contribution in [3.05, 3.63) is 42.1 Å². The van der Waals surface area contributed by atoms with Crippen LogP contribution in [0.25, 0.3) is 11.5 Å². The lowest BCUT2D eigenvalue weighted by molar-refractivity contribution is 0.130. The molecular formula is C25H36N4O. The number of rotatable bonds is 6. The highest BCUT2D eigenvalue weighted by Crippen LogP contribution is 2.39. The van der Waals surface area contributed by atoms with Crippen LogP contribution in [-0.2, 0) is 6.42 Å². The van der Waals surface area contributed by atoms with E-state index in [1.54, 1.807) is 12.4 Å². The molecule has 1 saturated heterocycles. The Morgan fingerprint density at radius 1 is 1.20 bits per heavy atom. The second-order valence-electron chi connectivity index (χ2n) is 9.84. The fraction of sp³-hybridized carbons (Fsp3) is 0.640. The summed E-state index contributed by atoms with van der Waals surface area (Å²) in [6.45, 7) is 13.2. The molecule has 1 aliphatic carbocycles. The monoisotopic (exact) mass is 408 g/mol. The number of nitrogens with zero attached hydrogens (tertiary/aromatic N) is 4. The van der Waals surface area contributed by atoms with Crippen molar-refractivity contribution in [2.24, 2.45) is 29.6 Å². The van der Waals surface area contributed by atoms with Crippen LogP contribution in [0.15, 0.2) is 40.6 Å². The van der Waals surface area contributed by atoms with Crippen molar-refractivity contribution in [2.75, 3.05) is 19.6 Å². The fourth-order valence-electron chi connectivity index (χ4n) is 5.18. The number of likely N-dealkylation sites (tertiary alicyclic amines) is 1.